The maximum atomic E-state index is 3.44. The molecular formula is C14H12INS2. The number of fused-ring (bicyclic) bond motifs is 1. The molecule has 1 aromatic carbocycles. The summed E-state index contributed by atoms with van der Waals surface area (Å²) in [5.74, 6) is 0. The first-order chi connectivity index (χ1) is 8.79. The number of benzene rings is 1. The van der Waals surface area contributed by atoms with Crippen LogP contribution >= 0.6 is 45.3 Å². The SMILES string of the molecule is CNC(c1csc(I)c1)c1cccc2ccsc12. The molecule has 0 saturated heterocycles. The van der Waals surface area contributed by atoms with E-state index in [0.717, 1.165) is 0 Å². The average molecular weight is 385 g/mol. The quantitative estimate of drug-likeness (QED) is 0.634. The van der Waals surface area contributed by atoms with E-state index >= 15 is 0 Å². The lowest BCUT2D eigenvalue weighted by Crippen LogP contribution is -2.16. The molecule has 0 saturated carbocycles. The normalized spacial score (nSPS) is 13.0. The molecule has 0 aliphatic carbocycles. The molecule has 0 fully saturated rings. The van der Waals surface area contributed by atoms with Crippen molar-refractivity contribution < 1.29 is 0 Å². The maximum absolute atomic E-state index is 3.44. The van der Waals surface area contributed by atoms with Crippen LogP contribution in [0.4, 0.5) is 0 Å². The highest BCUT2D eigenvalue weighted by molar-refractivity contribution is 14.1. The topological polar surface area (TPSA) is 12.0 Å². The van der Waals surface area contributed by atoms with E-state index in [0.29, 0.717) is 0 Å². The standard InChI is InChI=1S/C14H12INS2/c1-16-13(10-7-12(15)18-8-10)11-4-2-3-9-5-6-17-14(9)11/h2-8,13,16H,1H3. The van der Waals surface area contributed by atoms with E-state index in [4.69, 9.17) is 0 Å². The van der Waals surface area contributed by atoms with Crippen LogP contribution in [0.15, 0.2) is 41.1 Å². The number of thiophene rings is 2. The van der Waals surface area contributed by atoms with Crippen molar-refractivity contribution in [1.29, 1.82) is 0 Å². The Bertz CT molecular complexity index is 671. The van der Waals surface area contributed by atoms with Crippen LogP contribution in [0.1, 0.15) is 17.2 Å². The van der Waals surface area contributed by atoms with Crippen LogP contribution in [0.25, 0.3) is 10.1 Å². The van der Waals surface area contributed by atoms with Crippen LogP contribution in [0.2, 0.25) is 0 Å². The highest BCUT2D eigenvalue weighted by atomic mass is 127. The van der Waals surface area contributed by atoms with Crippen molar-refractivity contribution in [2.24, 2.45) is 0 Å². The van der Waals surface area contributed by atoms with Gasteiger partial charge in [0.05, 0.1) is 8.93 Å². The van der Waals surface area contributed by atoms with E-state index in [2.05, 4.69) is 69.0 Å². The van der Waals surface area contributed by atoms with Gasteiger partial charge < -0.3 is 5.32 Å². The fourth-order valence-corrected chi connectivity index (χ4v) is 4.56. The minimum atomic E-state index is 0.284. The molecule has 3 rings (SSSR count). The molecule has 0 bridgehead atoms. The highest BCUT2D eigenvalue weighted by Gasteiger charge is 2.16. The minimum absolute atomic E-state index is 0.284. The van der Waals surface area contributed by atoms with Crippen molar-refractivity contribution in [3.63, 3.8) is 0 Å². The van der Waals surface area contributed by atoms with Crippen LogP contribution in [-0.2, 0) is 0 Å². The monoisotopic (exact) mass is 385 g/mol. The van der Waals surface area contributed by atoms with Crippen LogP contribution in [0.5, 0.6) is 0 Å². The van der Waals surface area contributed by atoms with Crippen molar-refractivity contribution in [1.82, 2.24) is 5.32 Å². The van der Waals surface area contributed by atoms with Gasteiger partial charge in [0.25, 0.3) is 0 Å². The van der Waals surface area contributed by atoms with Gasteiger partial charge in [-0.05, 0) is 69.0 Å². The summed E-state index contributed by atoms with van der Waals surface area (Å²) in [6.45, 7) is 0. The first kappa shape index (κ1) is 12.6. The van der Waals surface area contributed by atoms with Crippen LogP contribution in [-0.4, -0.2) is 7.05 Å². The zero-order valence-corrected chi connectivity index (χ0v) is 13.6. The summed E-state index contributed by atoms with van der Waals surface area (Å²) in [6, 6.07) is 11.3. The summed E-state index contributed by atoms with van der Waals surface area (Å²) in [5, 5.41) is 9.19. The van der Waals surface area contributed by atoms with Crippen molar-refractivity contribution in [3.05, 3.63) is 55.1 Å². The number of hydrogen-bond acceptors (Lipinski definition) is 3. The summed E-state index contributed by atoms with van der Waals surface area (Å²) in [5.41, 5.74) is 2.73. The van der Waals surface area contributed by atoms with Gasteiger partial charge in [-0.15, -0.1) is 22.7 Å². The Labute approximate surface area is 128 Å². The van der Waals surface area contributed by atoms with Crippen LogP contribution < -0.4 is 5.32 Å². The van der Waals surface area contributed by atoms with Crippen molar-refractivity contribution in [3.8, 4) is 0 Å². The summed E-state index contributed by atoms with van der Waals surface area (Å²) < 4.78 is 2.72. The van der Waals surface area contributed by atoms with Gasteiger partial charge in [-0.2, -0.15) is 0 Å². The molecule has 0 spiro atoms. The molecule has 3 aromatic rings. The van der Waals surface area contributed by atoms with E-state index in [9.17, 15) is 0 Å². The zero-order chi connectivity index (χ0) is 12.5. The first-order valence-corrected chi connectivity index (χ1v) is 8.50. The largest absolute Gasteiger partial charge is 0.309 e. The van der Waals surface area contributed by atoms with Gasteiger partial charge in [0.1, 0.15) is 0 Å². The van der Waals surface area contributed by atoms with E-state index < -0.39 is 0 Å². The molecule has 1 N–H and O–H groups in total. The van der Waals surface area contributed by atoms with Gasteiger partial charge in [-0.25, -0.2) is 0 Å². The molecule has 1 unspecified atom stereocenters. The summed E-state index contributed by atoms with van der Waals surface area (Å²) in [4.78, 5) is 0. The molecule has 1 atom stereocenters. The average Bonchev–Trinajstić information content (AvgIpc) is 2.99. The minimum Gasteiger partial charge on any atom is -0.309 e. The van der Waals surface area contributed by atoms with Crippen LogP contribution in [0, 0.1) is 2.88 Å². The molecule has 4 heteroatoms. The third-order valence-corrected chi connectivity index (χ3v) is 5.82. The third-order valence-electron chi connectivity index (χ3n) is 3.03. The molecule has 18 heavy (non-hydrogen) atoms. The zero-order valence-electron chi connectivity index (χ0n) is 9.81. The maximum Gasteiger partial charge on any atom is 0.0656 e. The van der Waals surface area contributed by atoms with Crippen molar-refractivity contribution in [2.45, 2.75) is 6.04 Å². The van der Waals surface area contributed by atoms with Crippen LogP contribution in [0.3, 0.4) is 0 Å². The summed E-state index contributed by atoms with van der Waals surface area (Å²) in [6.07, 6.45) is 0. The van der Waals surface area contributed by atoms with E-state index in [1.54, 1.807) is 11.3 Å². The molecule has 1 nitrogen and oxygen atoms in total. The Hall–Kier alpha value is -0.430. The number of rotatable bonds is 3. The number of halogens is 1. The smallest absolute Gasteiger partial charge is 0.0656 e. The molecule has 92 valence electrons. The second kappa shape index (κ2) is 5.28. The second-order valence-corrected chi connectivity index (χ2v) is 7.81. The first-order valence-electron chi connectivity index (χ1n) is 5.67. The molecular weight excluding hydrogens is 373 g/mol. The molecule has 0 aliphatic rings. The van der Waals surface area contributed by atoms with Gasteiger partial charge in [0.15, 0.2) is 0 Å². The highest BCUT2D eigenvalue weighted by Crippen LogP contribution is 2.33. The lowest BCUT2D eigenvalue weighted by Gasteiger charge is -2.16. The predicted molar refractivity (Wildman–Crippen MR) is 89.8 cm³/mol. The lowest BCUT2D eigenvalue weighted by molar-refractivity contribution is 0.700. The summed E-state index contributed by atoms with van der Waals surface area (Å²) in [7, 11) is 2.03. The third kappa shape index (κ3) is 2.22. The van der Waals surface area contributed by atoms with Crippen molar-refractivity contribution in [2.75, 3.05) is 7.05 Å². The van der Waals surface area contributed by atoms with Gasteiger partial charge in [0.2, 0.25) is 0 Å². The summed E-state index contributed by atoms with van der Waals surface area (Å²) >= 11 is 6.00. The number of nitrogens with one attached hydrogen (secondary N) is 1. The van der Waals surface area contributed by atoms with E-state index in [1.807, 2.05) is 18.4 Å². The van der Waals surface area contributed by atoms with E-state index in [1.165, 1.54) is 24.1 Å². The van der Waals surface area contributed by atoms with Gasteiger partial charge in [-0.3, -0.25) is 0 Å². The Balaban J connectivity index is 2.14. The van der Waals surface area contributed by atoms with Gasteiger partial charge in [-0.1, -0.05) is 18.2 Å². The number of hydrogen-bond donors (Lipinski definition) is 1. The Morgan fingerprint density at radius 2 is 2.11 bits per heavy atom. The molecule has 0 amide bonds. The Kier molecular flexibility index (Phi) is 3.70. The fourth-order valence-electron chi connectivity index (χ4n) is 2.22. The fraction of sp³-hybridized carbons (Fsp3) is 0.143. The molecule has 2 heterocycles. The van der Waals surface area contributed by atoms with Gasteiger partial charge in [0, 0.05) is 4.70 Å². The van der Waals surface area contributed by atoms with Gasteiger partial charge >= 0.3 is 0 Å². The lowest BCUT2D eigenvalue weighted by atomic mass is 10.0. The molecule has 0 radical (unpaired) electrons. The van der Waals surface area contributed by atoms with E-state index in [-0.39, 0.29) is 6.04 Å². The Morgan fingerprint density at radius 1 is 1.22 bits per heavy atom. The predicted octanol–water partition coefficient (Wildman–Crippen LogP) is 4.88. The second-order valence-electron chi connectivity index (χ2n) is 4.09. The molecule has 0 aliphatic heterocycles. The van der Waals surface area contributed by atoms with Crippen molar-refractivity contribution >= 4 is 55.4 Å². The Morgan fingerprint density at radius 3 is 2.83 bits per heavy atom. The molecule has 2 aromatic heterocycles.